The fraction of sp³-hybridized carbons (Fsp3) is 0.500. The van der Waals surface area contributed by atoms with Crippen molar-refractivity contribution < 1.29 is 12.8 Å². The van der Waals surface area contributed by atoms with E-state index >= 15 is 0 Å². The molecule has 4 N–H and O–H groups in total. The summed E-state index contributed by atoms with van der Waals surface area (Å²) in [5, 5.41) is 3.92. The maximum Gasteiger partial charge on any atom is 0.213 e. The summed E-state index contributed by atoms with van der Waals surface area (Å²) in [4.78, 5) is 7.31. The minimum absolute atomic E-state index is 0.0235. The molecule has 0 saturated heterocycles. The molecule has 0 amide bonds. The third kappa shape index (κ3) is 2.52. The van der Waals surface area contributed by atoms with Gasteiger partial charge in [-0.25, -0.2) is 27.9 Å². The van der Waals surface area contributed by atoms with E-state index < -0.39 is 26.6 Å². The molecule has 0 aromatic carbocycles. The summed E-state index contributed by atoms with van der Waals surface area (Å²) in [6.45, 7) is 2.78. The van der Waals surface area contributed by atoms with Crippen molar-refractivity contribution >= 4 is 10.0 Å². The number of hydrogen-bond acceptors (Lipinski definition) is 5. The molecule has 16 heavy (non-hydrogen) atoms. The van der Waals surface area contributed by atoms with Crippen LogP contribution in [0, 0.1) is 5.82 Å². The second kappa shape index (κ2) is 4.04. The highest BCUT2D eigenvalue weighted by Gasteiger charge is 2.38. The molecule has 0 radical (unpaired) electrons. The summed E-state index contributed by atoms with van der Waals surface area (Å²) in [5.74, 6) is -0.599. The standard InChI is InChI=1S/C8H13FN4O2S/c1-5(16(11,14)15)8(2,10)7-12-3-6(9)4-13-7/h3-5H,10H2,1-2H3,(H2,11,14,15)/t5-,8+/m0/s1. The van der Waals surface area contributed by atoms with E-state index in [1.54, 1.807) is 0 Å². The molecule has 6 nitrogen and oxygen atoms in total. The van der Waals surface area contributed by atoms with E-state index in [4.69, 9.17) is 10.9 Å². The molecule has 0 aliphatic carbocycles. The highest BCUT2D eigenvalue weighted by Crippen LogP contribution is 2.21. The van der Waals surface area contributed by atoms with E-state index in [-0.39, 0.29) is 5.82 Å². The summed E-state index contributed by atoms with van der Waals surface area (Å²) in [6.07, 6.45) is 1.84. The van der Waals surface area contributed by atoms with Crippen molar-refractivity contribution in [2.75, 3.05) is 0 Å². The van der Waals surface area contributed by atoms with E-state index in [2.05, 4.69) is 9.97 Å². The Kier molecular flexibility index (Phi) is 3.27. The smallest absolute Gasteiger partial charge is 0.213 e. The predicted molar refractivity (Wildman–Crippen MR) is 56.1 cm³/mol. The Hall–Kier alpha value is -1.12. The first kappa shape index (κ1) is 12.9. The van der Waals surface area contributed by atoms with Gasteiger partial charge in [0.15, 0.2) is 5.82 Å². The molecule has 1 rings (SSSR count). The normalized spacial score (nSPS) is 17.8. The van der Waals surface area contributed by atoms with Crippen LogP contribution in [0.2, 0.25) is 0 Å². The van der Waals surface area contributed by atoms with Crippen molar-refractivity contribution in [3.8, 4) is 0 Å². The van der Waals surface area contributed by atoms with Gasteiger partial charge in [0.25, 0.3) is 0 Å². The lowest BCUT2D eigenvalue weighted by Crippen LogP contribution is -2.50. The van der Waals surface area contributed by atoms with Gasteiger partial charge in [-0.2, -0.15) is 0 Å². The van der Waals surface area contributed by atoms with Crippen LogP contribution in [-0.2, 0) is 15.6 Å². The van der Waals surface area contributed by atoms with Gasteiger partial charge >= 0.3 is 0 Å². The maximum absolute atomic E-state index is 12.6. The number of sulfonamides is 1. The molecule has 1 heterocycles. The largest absolute Gasteiger partial charge is 0.318 e. The molecular formula is C8H13FN4O2S. The second-order valence-electron chi connectivity index (χ2n) is 3.74. The molecule has 90 valence electrons. The van der Waals surface area contributed by atoms with E-state index in [1.165, 1.54) is 13.8 Å². The van der Waals surface area contributed by atoms with Crippen LogP contribution in [0.5, 0.6) is 0 Å². The molecule has 1 aromatic heterocycles. The van der Waals surface area contributed by atoms with Crippen molar-refractivity contribution in [2.45, 2.75) is 24.6 Å². The van der Waals surface area contributed by atoms with E-state index in [0.29, 0.717) is 0 Å². The molecule has 0 unspecified atom stereocenters. The van der Waals surface area contributed by atoms with Crippen molar-refractivity contribution in [3.05, 3.63) is 24.0 Å². The average Bonchev–Trinajstić information content (AvgIpc) is 2.16. The van der Waals surface area contributed by atoms with Crippen molar-refractivity contribution in [1.29, 1.82) is 0 Å². The first-order valence-electron chi connectivity index (χ1n) is 4.44. The Labute approximate surface area is 92.9 Å². The monoisotopic (exact) mass is 248 g/mol. The van der Waals surface area contributed by atoms with Crippen LogP contribution in [0.3, 0.4) is 0 Å². The molecule has 0 fully saturated rings. The van der Waals surface area contributed by atoms with Gasteiger partial charge in [0, 0.05) is 0 Å². The van der Waals surface area contributed by atoms with E-state index in [1.807, 2.05) is 0 Å². The zero-order valence-corrected chi connectivity index (χ0v) is 9.70. The Bertz CT molecular complexity index is 471. The highest BCUT2D eigenvalue weighted by atomic mass is 32.2. The lowest BCUT2D eigenvalue weighted by molar-refractivity contribution is 0.432. The number of rotatable bonds is 3. The zero-order chi connectivity index (χ0) is 12.6. The molecule has 0 spiro atoms. The summed E-state index contributed by atoms with van der Waals surface area (Å²) in [7, 11) is -3.82. The number of nitrogens with zero attached hydrogens (tertiary/aromatic N) is 2. The lowest BCUT2D eigenvalue weighted by Gasteiger charge is -2.27. The van der Waals surface area contributed by atoms with Gasteiger partial charge < -0.3 is 5.73 Å². The SMILES string of the molecule is C[C@@H]([C@@](C)(N)c1ncc(F)cn1)S(N)(=O)=O. The molecular weight excluding hydrogens is 235 g/mol. The number of nitrogens with two attached hydrogens (primary N) is 2. The Morgan fingerprint density at radius 3 is 2.25 bits per heavy atom. The Balaban J connectivity index is 3.16. The summed E-state index contributed by atoms with van der Waals surface area (Å²) in [6, 6.07) is 0. The van der Waals surface area contributed by atoms with Gasteiger partial charge in [0.1, 0.15) is 5.82 Å². The van der Waals surface area contributed by atoms with Gasteiger partial charge in [0.2, 0.25) is 10.0 Å². The van der Waals surface area contributed by atoms with Gasteiger partial charge in [-0.15, -0.1) is 0 Å². The van der Waals surface area contributed by atoms with Crippen LogP contribution in [0.15, 0.2) is 12.4 Å². The van der Waals surface area contributed by atoms with Crippen molar-refractivity contribution in [2.24, 2.45) is 10.9 Å². The number of aromatic nitrogens is 2. The topological polar surface area (TPSA) is 112 Å². The fourth-order valence-electron chi connectivity index (χ4n) is 1.11. The number of primary sulfonamides is 1. The van der Waals surface area contributed by atoms with Crippen LogP contribution < -0.4 is 10.9 Å². The molecule has 8 heteroatoms. The molecule has 0 aliphatic rings. The second-order valence-corrected chi connectivity index (χ2v) is 5.62. The quantitative estimate of drug-likeness (QED) is 0.746. The summed E-state index contributed by atoms with van der Waals surface area (Å²) in [5.41, 5.74) is 4.44. The molecule has 2 atom stereocenters. The van der Waals surface area contributed by atoms with Gasteiger partial charge in [-0.3, -0.25) is 0 Å². The molecule has 1 aromatic rings. The number of halogens is 1. The fourth-order valence-corrected chi connectivity index (χ4v) is 1.90. The van der Waals surface area contributed by atoms with Gasteiger partial charge in [0.05, 0.1) is 23.2 Å². The van der Waals surface area contributed by atoms with E-state index in [0.717, 1.165) is 12.4 Å². The van der Waals surface area contributed by atoms with Crippen LogP contribution in [0.25, 0.3) is 0 Å². The lowest BCUT2D eigenvalue weighted by atomic mass is 9.99. The van der Waals surface area contributed by atoms with Crippen molar-refractivity contribution in [3.63, 3.8) is 0 Å². The zero-order valence-electron chi connectivity index (χ0n) is 8.88. The third-order valence-electron chi connectivity index (χ3n) is 2.44. The Morgan fingerprint density at radius 1 is 1.44 bits per heavy atom. The molecule has 0 saturated carbocycles. The van der Waals surface area contributed by atoms with E-state index in [9.17, 15) is 12.8 Å². The highest BCUT2D eigenvalue weighted by molar-refractivity contribution is 7.89. The minimum Gasteiger partial charge on any atom is -0.318 e. The number of hydrogen-bond donors (Lipinski definition) is 2. The van der Waals surface area contributed by atoms with Crippen LogP contribution >= 0.6 is 0 Å². The first-order valence-corrected chi connectivity index (χ1v) is 6.05. The van der Waals surface area contributed by atoms with Gasteiger partial charge in [-0.05, 0) is 13.8 Å². The molecule has 0 bridgehead atoms. The average molecular weight is 248 g/mol. The summed E-state index contributed by atoms with van der Waals surface area (Å²) < 4.78 is 35.0. The minimum atomic E-state index is -3.82. The van der Waals surface area contributed by atoms with Crippen LogP contribution in [0.4, 0.5) is 4.39 Å². The third-order valence-corrected chi connectivity index (χ3v) is 3.91. The van der Waals surface area contributed by atoms with Crippen LogP contribution in [0.1, 0.15) is 19.7 Å². The first-order chi connectivity index (χ1) is 7.15. The van der Waals surface area contributed by atoms with Gasteiger partial charge in [-0.1, -0.05) is 0 Å². The molecule has 0 aliphatic heterocycles. The Morgan fingerprint density at radius 2 is 1.88 bits per heavy atom. The summed E-state index contributed by atoms with van der Waals surface area (Å²) >= 11 is 0. The predicted octanol–water partition coefficient (Wildman–Crippen LogP) is -0.533. The van der Waals surface area contributed by atoms with Crippen molar-refractivity contribution in [1.82, 2.24) is 9.97 Å². The maximum atomic E-state index is 12.6. The van der Waals surface area contributed by atoms with Crippen LogP contribution in [-0.4, -0.2) is 23.6 Å².